The smallest absolute Gasteiger partial charge is 0.268 e. The average molecular weight is 261 g/mol. The first kappa shape index (κ1) is 12.4. The fourth-order valence-corrected chi connectivity index (χ4v) is 2.13. The van der Waals surface area contributed by atoms with Crippen molar-refractivity contribution in [3.05, 3.63) is 34.2 Å². The van der Waals surface area contributed by atoms with Crippen LogP contribution in [-0.4, -0.2) is 27.4 Å². The topological polar surface area (TPSA) is 67.2 Å². The van der Waals surface area contributed by atoms with Gasteiger partial charge in [-0.25, -0.2) is 0 Å². The minimum absolute atomic E-state index is 0.224. The van der Waals surface area contributed by atoms with Crippen LogP contribution in [0.15, 0.2) is 23.7 Å². The van der Waals surface area contributed by atoms with Crippen molar-refractivity contribution in [1.82, 2.24) is 9.78 Å². The van der Waals surface area contributed by atoms with E-state index in [-0.39, 0.29) is 12.5 Å². The molecule has 0 aliphatic heterocycles. The Bertz CT molecular complexity index is 619. The molecule has 0 aliphatic carbocycles. The Hall–Kier alpha value is -2.10. The molecule has 0 aromatic carbocycles. The second kappa shape index (κ2) is 5.49. The second-order valence-corrected chi connectivity index (χ2v) is 4.33. The van der Waals surface area contributed by atoms with Gasteiger partial charge in [0.05, 0.1) is 6.20 Å². The predicted molar refractivity (Wildman–Crippen MR) is 69.4 cm³/mol. The lowest BCUT2D eigenvalue weighted by Gasteiger charge is -2.03. The molecule has 0 saturated heterocycles. The van der Waals surface area contributed by atoms with E-state index >= 15 is 0 Å². The zero-order valence-electron chi connectivity index (χ0n) is 9.67. The van der Waals surface area contributed by atoms with Gasteiger partial charge in [-0.15, -0.1) is 11.3 Å². The van der Waals surface area contributed by atoms with Crippen LogP contribution >= 0.6 is 11.3 Å². The largest absolute Gasteiger partial charge is 0.384 e. The van der Waals surface area contributed by atoms with Gasteiger partial charge >= 0.3 is 0 Å². The third kappa shape index (κ3) is 2.59. The summed E-state index contributed by atoms with van der Waals surface area (Å²) in [5.41, 5.74) is 0.619. The number of hydrogen-bond acceptors (Lipinski definition) is 4. The van der Waals surface area contributed by atoms with Crippen LogP contribution in [0.1, 0.15) is 15.2 Å². The molecule has 0 aliphatic rings. The van der Waals surface area contributed by atoms with Crippen molar-refractivity contribution in [3.63, 3.8) is 0 Å². The summed E-state index contributed by atoms with van der Waals surface area (Å²) in [5.74, 6) is 5.67. The molecule has 0 atom stereocenters. The highest BCUT2D eigenvalue weighted by Gasteiger charge is 2.13. The number of carbonyl (C=O) groups is 1. The zero-order chi connectivity index (χ0) is 13.0. The Morgan fingerprint density at radius 2 is 2.44 bits per heavy atom. The highest BCUT2D eigenvalue weighted by atomic mass is 32.1. The van der Waals surface area contributed by atoms with Crippen molar-refractivity contribution >= 4 is 23.1 Å². The first-order valence-corrected chi connectivity index (χ1v) is 6.07. The van der Waals surface area contributed by atoms with Gasteiger partial charge in [0.25, 0.3) is 5.91 Å². The van der Waals surface area contributed by atoms with Gasteiger partial charge in [0.1, 0.15) is 17.3 Å². The normalized spacial score (nSPS) is 9.67. The minimum Gasteiger partial charge on any atom is -0.384 e. The number of hydrogen-bond donors (Lipinski definition) is 2. The number of carbonyl (C=O) groups excluding carboxylic acids is 1. The molecule has 0 fully saturated rings. The first-order valence-electron chi connectivity index (χ1n) is 5.19. The summed E-state index contributed by atoms with van der Waals surface area (Å²) in [4.78, 5) is 12.6. The van der Waals surface area contributed by atoms with Crippen LogP contribution in [0.25, 0.3) is 0 Å². The molecule has 2 aromatic heterocycles. The van der Waals surface area contributed by atoms with Gasteiger partial charge in [0.2, 0.25) is 0 Å². The van der Waals surface area contributed by atoms with Gasteiger partial charge in [-0.3, -0.25) is 9.48 Å². The second-order valence-electron chi connectivity index (χ2n) is 3.42. The van der Waals surface area contributed by atoms with Gasteiger partial charge in [-0.2, -0.15) is 5.10 Å². The van der Waals surface area contributed by atoms with E-state index in [1.807, 2.05) is 0 Å². The van der Waals surface area contributed by atoms with Crippen molar-refractivity contribution in [1.29, 1.82) is 0 Å². The van der Waals surface area contributed by atoms with Crippen molar-refractivity contribution in [2.24, 2.45) is 7.05 Å². The van der Waals surface area contributed by atoms with Gasteiger partial charge in [-0.05, 0) is 11.4 Å². The SMILES string of the molecule is Cn1nccc1NC(=O)c1sccc1C#CCO. The number of aliphatic hydroxyl groups is 1. The Kier molecular flexibility index (Phi) is 3.77. The molecule has 2 N–H and O–H groups in total. The number of aromatic nitrogens is 2. The molecule has 2 rings (SSSR count). The van der Waals surface area contributed by atoms with Crippen LogP contribution in [-0.2, 0) is 7.05 Å². The van der Waals surface area contributed by atoms with E-state index in [1.54, 1.807) is 35.4 Å². The quantitative estimate of drug-likeness (QED) is 0.795. The number of rotatable bonds is 2. The molecule has 92 valence electrons. The average Bonchev–Trinajstić information content (AvgIpc) is 2.96. The van der Waals surface area contributed by atoms with Crippen molar-refractivity contribution in [2.75, 3.05) is 11.9 Å². The van der Waals surface area contributed by atoms with E-state index in [9.17, 15) is 4.79 Å². The summed E-state index contributed by atoms with van der Waals surface area (Å²) < 4.78 is 1.57. The summed E-state index contributed by atoms with van der Waals surface area (Å²) in [6.45, 7) is -0.224. The van der Waals surface area contributed by atoms with Crippen LogP contribution in [0.3, 0.4) is 0 Å². The number of aryl methyl sites for hydroxylation is 1. The molecular formula is C12H11N3O2S. The minimum atomic E-state index is -0.226. The van der Waals surface area contributed by atoms with Crippen LogP contribution in [0.4, 0.5) is 5.82 Å². The van der Waals surface area contributed by atoms with Crippen LogP contribution in [0.5, 0.6) is 0 Å². The highest BCUT2D eigenvalue weighted by Crippen LogP contribution is 2.17. The molecule has 0 saturated carbocycles. The molecule has 2 heterocycles. The molecule has 1 amide bonds. The lowest BCUT2D eigenvalue weighted by atomic mass is 10.2. The predicted octanol–water partition coefficient (Wildman–Crippen LogP) is 1.08. The monoisotopic (exact) mass is 261 g/mol. The van der Waals surface area contributed by atoms with Crippen LogP contribution < -0.4 is 5.32 Å². The third-order valence-corrected chi connectivity index (χ3v) is 3.15. The lowest BCUT2D eigenvalue weighted by molar-refractivity contribution is 0.102. The van der Waals surface area contributed by atoms with E-state index in [1.165, 1.54) is 11.3 Å². The summed E-state index contributed by atoms with van der Waals surface area (Å²) in [6.07, 6.45) is 1.61. The molecule has 6 heteroatoms. The maximum atomic E-state index is 12.0. The molecule has 18 heavy (non-hydrogen) atoms. The molecule has 2 aromatic rings. The molecule has 0 bridgehead atoms. The van der Waals surface area contributed by atoms with E-state index < -0.39 is 0 Å². The zero-order valence-corrected chi connectivity index (χ0v) is 10.5. The standard InChI is InChI=1S/C12H11N3O2S/c1-15-10(4-6-13-15)14-12(17)11-9(3-2-7-16)5-8-18-11/h4-6,8,16H,7H2,1H3,(H,14,17). The molecule has 0 unspecified atom stereocenters. The van der Waals surface area contributed by atoms with Gasteiger partial charge in [0.15, 0.2) is 0 Å². The molecule has 5 nitrogen and oxygen atoms in total. The van der Waals surface area contributed by atoms with E-state index in [4.69, 9.17) is 5.11 Å². The Morgan fingerprint density at radius 1 is 1.61 bits per heavy atom. The summed E-state index contributed by atoms with van der Waals surface area (Å²) >= 11 is 1.31. The van der Waals surface area contributed by atoms with E-state index in [0.29, 0.717) is 16.3 Å². The molecule has 0 radical (unpaired) electrons. The number of thiophene rings is 1. The summed E-state index contributed by atoms with van der Waals surface area (Å²) in [6, 6.07) is 3.47. The van der Waals surface area contributed by atoms with E-state index in [2.05, 4.69) is 22.3 Å². The maximum absolute atomic E-state index is 12.0. The van der Waals surface area contributed by atoms with E-state index in [0.717, 1.165) is 0 Å². The lowest BCUT2D eigenvalue weighted by Crippen LogP contribution is -2.14. The van der Waals surface area contributed by atoms with Gasteiger partial charge in [-0.1, -0.05) is 11.8 Å². The fraction of sp³-hybridized carbons (Fsp3) is 0.167. The Morgan fingerprint density at radius 3 is 3.11 bits per heavy atom. The number of anilines is 1. The first-order chi connectivity index (χ1) is 8.72. The summed E-state index contributed by atoms with van der Waals surface area (Å²) in [7, 11) is 1.75. The Labute approximate surface area is 108 Å². The number of nitrogens with one attached hydrogen (secondary N) is 1. The number of aliphatic hydroxyl groups excluding tert-OH is 1. The van der Waals surface area contributed by atoms with Gasteiger partial charge in [0, 0.05) is 18.7 Å². The summed E-state index contributed by atoms with van der Waals surface area (Å²) in [5, 5.41) is 17.2. The van der Waals surface area contributed by atoms with Gasteiger partial charge < -0.3 is 10.4 Å². The van der Waals surface area contributed by atoms with Crippen molar-refractivity contribution in [2.45, 2.75) is 0 Å². The number of amides is 1. The fourth-order valence-electron chi connectivity index (χ4n) is 1.39. The van der Waals surface area contributed by atoms with Crippen molar-refractivity contribution < 1.29 is 9.90 Å². The number of nitrogens with zero attached hydrogens (tertiary/aromatic N) is 2. The molecular weight excluding hydrogens is 250 g/mol. The highest BCUT2D eigenvalue weighted by molar-refractivity contribution is 7.12. The maximum Gasteiger partial charge on any atom is 0.268 e. The van der Waals surface area contributed by atoms with Crippen LogP contribution in [0.2, 0.25) is 0 Å². The molecule has 0 spiro atoms. The Balaban J connectivity index is 2.19. The van der Waals surface area contributed by atoms with Crippen LogP contribution in [0, 0.1) is 11.8 Å². The van der Waals surface area contributed by atoms with Crippen molar-refractivity contribution in [3.8, 4) is 11.8 Å². The third-order valence-electron chi connectivity index (χ3n) is 2.24.